The molecule has 1 aliphatic heterocycles. The molecule has 2 atom stereocenters. The average molecular weight is 316 g/mol. The summed E-state index contributed by atoms with van der Waals surface area (Å²) in [6.07, 6.45) is 8.73. The highest BCUT2D eigenvalue weighted by atomic mass is 16.5. The lowest BCUT2D eigenvalue weighted by molar-refractivity contribution is 0.0771. The third-order valence-electron chi connectivity index (χ3n) is 5.45. The van der Waals surface area contributed by atoms with Crippen molar-refractivity contribution in [2.75, 3.05) is 13.2 Å². The van der Waals surface area contributed by atoms with Crippen molar-refractivity contribution in [3.8, 4) is 0 Å². The maximum atomic E-state index is 5.81. The summed E-state index contributed by atoms with van der Waals surface area (Å²) in [7, 11) is 0. The highest BCUT2D eigenvalue weighted by Crippen LogP contribution is 2.46. The first kappa shape index (κ1) is 16.9. The third-order valence-corrected chi connectivity index (χ3v) is 5.45. The fourth-order valence-corrected chi connectivity index (χ4v) is 5.07. The predicted octanol–water partition coefficient (Wildman–Crippen LogP) is 3.83. The van der Waals surface area contributed by atoms with Gasteiger partial charge in [-0.25, -0.2) is 0 Å². The van der Waals surface area contributed by atoms with Gasteiger partial charge in [0.1, 0.15) is 0 Å². The summed E-state index contributed by atoms with van der Waals surface area (Å²) in [5.74, 6) is 0.575. The molecule has 0 unspecified atom stereocenters. The van der Waals surface area contributed by atoms with Crippen molar-refractivity contribution in [3.63, 3.8) is 0 Å². The maximum Gasteiger partial charge on any atom is 0.0623 e. The lowest BCUT2D eigenvalue weighted by Gasteiger charge is -2.46. The maximum absolute atomic E-state index is 5.81. The number of ether oxygens (including phenoxy) is 1. The second-order valence-electron chi connectivity index (χ2n) is 9.24. The van der Waals surface area contributed by atoms with Crippen LogP contribution in [0, 0.1) is 16.7 Å². The van der Waals surface area contributed by atoms with Crippen molar-refractivity contribution in [2.24, 2.45) is 16.7 Å². The van der Waals surface area contributed by atoms with E-state index < -0.39 is 0 Å². The Balaban J connectivity index is 1.62. The number of nitrogens with zero attached hydrogens (tertiary/aromatic N) is 1. The van der Waals surface area contributed by atoms with E-state index in [0.717, 1.165) is 19.6 Å². The van der Waals surface area contributed by atoms with Gasteiger partial charge in [0.05, 0.1) is 13.2 Å². The van der Waals surface area contributed by atoms with E-state index in [-0.39, 0.29) is 0 Å². The first-order valence-electron chi connectivity index (χ1n) is 9.06. The standard InChI is InChI=1S/C20H32N2O/c1-19(2)10-17(11-20(3,4)14-19)22-18-13-23-12-16(18)9-15-5-7-21-8-6-15/h5-8,16-18,22H,9-14H2,1-4H3/t16-,18-/m1/s1. The largest absolute Gasteiger partial charge is 0.379 e. The van der Waals surface area contributed by atoms with Gasteiger partial charge >= 0.3 is 0 Å². The van der Waals surface area contributed by atoms with Crippen LogP contribution in [0.4, 0.5) is 0 Å². The molecule has 3 nitrogen and oxygen atoms in total. The molecule has 1 saturated carbocycles. The van der Waals surface area contributed by atoms with E-state index in [1.807, 2.05) is 12.4 Å². The van der Waals surface area contributed by atoms with Crippen molar-refractivity contribution in [2.45, 2.75) is 65.5 Å². The molecule has 3 heteroatoms. The third kappa shape index (κ3) is 4.54. The summed E-state index contributed by atoms with van der Waals surface area (Å²) in [4.78, 5) is 4.12. The molecule has 2 fully saturated rings. The molecule has 0 aromatic carbocycles. The van der Waals surface area contributed by atoms with Crippen LogP contribution in [0.5, 0.6) is 0 Å². The Kier molecular flexibility index (Phi) is 4.80. The Morgan fingerprint density at radius 2 is 1.74 bits per heavy atom. The number of hydrogen-bond donors (Lipinski definition) is 1. The van der Waals surface area contributed by atoms with E-state index in [2.05, 4.69) is 50.1 Å². The van der Waals surface area contributed by atoms with Crippen LogP contribution in [-0.2, 0) is 11.2 Å². The normalized spacial score (nSPS) is 30.4. The summed E-state index contributed by atoms with van der Waals surface area (Å²) in [6.45, 7) is 11.4. The number of hydrogen-bond acceptors (Lipinski definition) is 3. The van der Waals surface area contributed by atoms with Crippen LogP contribution in [0.2, 0.25) is 0 Å². The van der Waals surface area contributed by atoms with Gasteiger partial charge < -0.3 is 10.1 Å². The van der Waals surface area contributed by atoms with Gasteiger partial charge in [-0.1, -0.05) is 27.7 Å². The van der Waals surface area contributed by atoms with Gasteiger partial charge in [0, 0.05) is 30.4 Å². The van der Waals surface area contributed by atoms with Crippen molar-refractivity contribution >= 4 is 0 Å². The summed E-state index contributed by atoms with van der Waals surface area (Å²) < 4.78 is 5.81. The minimum atomic E-state index is 0.430. The highest BCUT2D eigenvalue weighted by Gasteiger charge is 2.40. The molecule has 1 aromatic rings. The van der Waals surface area contributed by atoms with Crippen LogP contribution in [-0.4, -0.2) is 30.3 Å². The lowest BCUT2D eigenvalue weighted by Crippen LogP contribution is -2.49. The van der Waals surface area contributed by atoms with Gasteiger partial charge in [-0.2, -0.15) is 0 Å². The predicted molar refractivity (Wildman–Crippen MR) is 94.4 cm³/mol. The van der Waals surface area contributed by atoms with E-state index in [0.29, 0.717) is 28.8 Å². The fraction of sp³-hybridized carbons (Fsp3) is 0.750. The van der Waals surface area contributed by atoms with Gasteiger partial charge in [0.15, 0.2) is 0 Å². The van der Waals surface area contributed by atoms with E-state index in [1.54, 1.807) is 0 Å². The Labute approximate surface area is 141 Å². The Hall–Kier alpha value is -0.930. The lowest BCUT2D eigenvalue weighted by atomic mass is 9.63. The molecule has 1 aliphatic carbocycles. The Morgan fingerprint density at radius 3 is 2.39 bits per heavy atom. The quantitative estimate of drug-likeness (QED) is 0.916. The van der Waals surface area contributed by atoms with Crippen LogP contribution in [0.1, 0.15) is 52.5 Å². The monoisotopic (exact) mass is 316 g/mol. The molecule has 0 spiro atoms. The van der Waals surface area contributed by atoms with Crippen LogP contribution in [0.3, 0.4) is 0 Å². The molecular weight excluding hydrogens is 284 g/mol. The zero-order chi connectivity index (χ0) is 16.5. The van der Waals surface area contributed by atoms with Crippen molar-refractivity contribution in [3.05, 3.63) is 30.1 Å². The van der Waals surface area contributed by atoms with Crippen LogP contribution in [0.15, 0.2) is 24.5 Å². The number of aromatic nitrogens is 1. The molecule has 1 aromatic heterocycles. The topological polar surface area (TPSA) is 34.1 Å². The van der Waals surface area contributed by atoms with E-state index in [9.17, 15) is 0 Å². The summed E-state index contributed by atoms with van der Waals surface area (Å²) >= 11 is 0. The van der Waals surface area contributed by atoms with E-state index in [1.165, 1.54) is 24.8 Å². The first-order chi connectivity index (χ1) is 10.8. The molecule has 1 N–H and O–H groups in total. The molecule has 0 bridgehead atoms. The molecule has 0 amide bonds. The molecule has 23 heavy (non-hydrogen) atoms. The number of rotatable bonds is 4. The zero-order valence-electron chi connectivity index (χ0n) is 15.1. The molecule has 128 valence electrons. The second-order valence-corrected chi connectivity index (χ2v) is 9.24. The van der Waals surface area contributed by atoms with Crippen LogP contribution < -0.4 is 5.32 Å². The summed E-state index contributed by atoms with van der Waals surface area (Å²) in [5, 5.41) is 3.96. The smallest absolute Gasteiger partial charge is 0.0623 e. The van der Waals surface area contributed by atoms with E-state index >= 15 is 0 Å². The summed E-state index contributed by atoms with van der Waals surface area (Å²) in [6, 6.07) is 5.35. The molecular formula is C20H32N2O. The van der Waals surface area contributed by atoms with Gasteiger partial charge in [0.2, 0.25) is 0 Å². The molecule has 2 aliphatic rings. The van der Waals surface area contributed by atoms with Gasteiger partial charge in [-0.05, 0) is 54.2 Å². The minimum absolute atomic E-state index is 0.430. The van der Waals surface area contributed by atoms with Crippen LogP contribution >= 0.6 is 0 Å². The summed E-state index contributed by atoms with van der Waals surface area (Å²) in [5.41, 5.74) is 2.23. The SMILES string of the molecule is CC1(C)CC(N[C@@H]2COC[C@H]2Cc2ccncc2)CC(C)(C)C1. The highest BCUT2D eigenvalue weighted by molar-refractivity contribution is 5.11. The fourth-order valence-electron chi connectivity index (χ4n) is 5.07. The Morgan fingerprint density at radius 1 is 1.09 bits per heavy atom. The Bertz CT molecular complexity index is 496. The zero-order valence-corrected chi connectivity index (χ0v) is 15.1. The first-order valence-corrected chi connectivity index (χ1v) is 9.06. The van der Waals surface area contributed by atoms with Gasteiger partial charge in [-0.15, -0.1) is 0 Å². The molecule has 1 saturated heterocycles. The van der Waals surface area contributed by atoms with Gasteiger partial charge in [0.25, 0.3) is 0 Å². The van der Waals surface area contributed by atoms with Crippen molar-refractivity contribution in [1.29, 1.82) is 0 Å². The second kappa shape index (κ2) is 6.52. The molecule has 3 rings (SSSR count). The van der Waals surface area contributed by atoms with E-state index in [4.69, 9.17) is 4.74 Å². The number of pyridine rings is 1. The molecule has 0 radical (unpaired) electrons. The van der Waals surface area contributed by atoms with Crippen LogP contribution in [0.25, 0.3) is 0 Å². The van der Waals surface area contributed by atoms with Crippen molar-refractivity contribution in [1.82, 2.24) is 10.3 Å². The molecule has 2 heterocycles. The minimum Gasteiger partial charge on any atom is -0.379 e. The van der Waals surface area contributed by atoms with Gasteiger partial charge in [-0.3, -0.25) is 4.98 Å². The average Bonchev–Trinajstić information content (AvgIpc) is 2.83. The number of nitrogens with one attached hydrogen (secondary N) is 1. The van der Waals surface area contributed by atoms with Crippen molar-refractivity contribution < 1.29 is 4.74 Å².